The monoisotopic (exact) mass is 288 g/mol. The van der Waals surface area contributed by atoms with Crippen molar-refractivity contribution >= 4 is 49.1 Å². The molecule has 0 bridgehead atoms. The summed E-state index contributed by atoms with van der Waals surface area (Å²) in [6, 6.07) is 6.16. The van der Waals surface area contributed by atoms with E-state index >= 15 is 0 Å². The highest BCUT2D eigenvalue weighted by Gasteiger charge is 2.09. The van der Waals surface area contributed by atoms with Gasteiger partial charge in [0.2, 0.25) is 0 Å². The van der Waals surface area contributed by atoms with Crippen molar-refractivity contribution in [2.75, 3.05) is 13.4 Å². The standard InChI is InChI=1S/C10H9BrOS2/c1-12-6-3-4-8-7(5-6)9(11)10(13-2)14-8/h3-5H,1-2H3. The van der Waals surface area contributed by atoms with Gasteiger partial charge in [0.15, 0.2) is 0 Å². The third-order valence-corrected chi connectivity index (χ3v) is 5.63. The maximum absolute atomic E-state index is 5.20. The fraction of sp³-hybridized carbons (Fsp3) is 0.200. The van der Waals surface area contributed by atoms with Crippen LogP contribution in [0.25, 0.3) is 10.1 Å². The van der Waals surface area contributed by atoms with E-state index in [1.54, 1.807) is 30.2 Å². The molecule has 1 aromatic heterocycles. The number of thiophene rings is 1. The number of thioether (sulfide) groups is 1. The Balaban J connectivity index is 2.68. The molecule has 0 saturated carbocycles. The van der Waals surface area contributed by atoms with Gasteiger partial charge in [0.1, 0.15) is 5.75 Å². The molecule has 1 heterocycles. The van der Waals surface area contributed by atoms with Gasteiger partial charge >= 0.3 is 0 Å². The first-order valence-electron chi connectivity index (χ1n) is 4.06. The SMILES string of the molecule is COc1ccc2sc(SC)c(Br)c2c1. The Morgan fingerprint density at radius 2 is 2.21 bits per heavy atom. The van der Waals surface area contributed by atoms with Crippen molar-refractivity contribution in [1.82, 2.24) is 0 Å². The van der Waals surface area contributed by atoms with E-state index in [1.165, 1.54) is 18.8 Å². The van der Waals surface area contributed by atoms with Crippen LogP contribution in [0.5, 0.6) is 5.75 Å². The van der Waals surface area contributed by atoms with E-state index in [-0.39, 0.29) is 0 Å². The molecule has 0 aliphatic carbocycles. The van der Waals surface area contributed by atoms with Crippen LogP contribution in [-0.4, -0.2) is 13.4 Å². The van der Waals surface area contributed by atoms with Gasteiger partial charge in [0, 0.05) is 14.6 Å². The number of hydrogen-bond acceptors (Lipinski definition) is 3. The van der Waals surface area contributed by atoms with Crippen LogP contribution in [0.1, 0.15) is 0 Å². The summed E-state index contributed by atoms with van der Waals surface area (Å²) in [6.07, 6.45) is 2.09. The van der Waals surface area contributed by atoms with Crippen LogP contribution in [-0.2, 0) is 0 Å². The minimum Gasteiger partial charge on any atom is -0.497 e. The van der Waals surface area contributed by atoms with Gasteiger partial charge in [-0.05, 0) is 40.4 Å². The van der Waals surface area contributed by atoms with E-state index in [0.29, 0.717) is 0 Å². The molecule has 1 aromatic carbocycles. The van der Waals surface area contributed by atoms with Crippen LogP contribution >= 0.6 is 39.0 Å². The molecule has 1 nitrogen and oxygen atoms in total. The molecule has 4 heteroatoms. The maximum Gasteiger partial charge on any atom is 0.119 e. The number of ether oxygens (including phenoxy) is 1. The van der Waals surface area contributed by atoms with E-state index in [0.717, 1.165) is 5.75 Å². The van der Waals surface area contributed by atoms with Crippen molar-refractivity contribution < 1.29 is 4.74 Å². The molecule has 0 aliphatic heterocycles. The molecule has 0 aliphatic rings. The molecule has 0 radical (unpaired) electrons. The number of halogens is 1. The first-order valence-corrected chi connectivity index (χ1v) is 6.89. The Kier molecular flexibility index (Phi) is 3.04. The minimum absolute atomic E-state index is 0.906. The smallest absolute Gasteiger partial charge is 0.119 e. The maximum atomic E-state index is 5.20. The van der Waals surface area contributed by atoms with Crippen LogP contribution in [0.4, 0.5) is 0 Å². The zero-order valence-electron chi connectivity index (χ0n) is 7.83. The summed E-state index contributed by atoms with van der Waals surface area (Å²) in [5.41, 5.74) is 0. The quantitative estimate of drug-likeness (QED) is 0.758. The summed E-state index contributed by atoms with van der Waals surface area (Å²) >= 11 is 7.18. The molecule has 0 fully saturated rings. The summed E-state index contributed by atoms with van der Waals surface area (Å²) in [5.74, 6) is 0.906. The van der Waals surface area contributed by atoms with Gasteiger partial charge in [-0.2, -0.15) is 0 Å². The lowest BCUT2D eigenvalue weighted by Crippen LogP contribution is -1.80. The number of benzene rings is 1. The van der Waals surface area contributed by atoms with E-state index in [4.69, 9.17) is 4.74 Å². The van der Waals surface area contributed by atoms with Crippen LogP contribution in [0.3, 0.4) is 0 Å². The fourth-order valence-electron chi connectivity index (χ4n) is 1.28. The summed E-state index contributed by atoms with van der Waals surface area (Å²) in [5, 5.41) is 1.23. The predicted molar refractivity (Wildman–Crippen MR) is 67.9 cm³/mol. The number of methoxy groups -OCH3 is 1. The Labute approximate surface area is 99.6 Å². The van der Waals surface area contributed by atoms with Gasteiger partial charge in [0.25, 0.3) is 0 Å². The van der Waals surface area contributed by atoms with Gasteiger partial charge in [-0.1, -0.05) is 0 Å². The van der Waals surface area contributed by atoms with Gasteiger partial charge in [0.05, 0.1) is 11.3 Å². The normalized spacial score (nSPS) is 10.8. The van der Waals surface area contributed by atoms with E-state index in [2.05, 4.69) is 34.3 Å². The van der Waals surface area contributed by atoms with Gasteiger partial charge in [-0.15, -0.1) is 23.1 Å². The molecule has 0 spiro atoms. The average molecular weight is 289 g/mol. The molecule has 2 rings (SSSR count). The van der Waals surface area contributed by atoms with Crippen molar-refractivity contribution in [3.63, 3.8) is 0 Å². The third kappa shape index (κ3) is 1.66. The fourth-order valence-corrected chi connectivity index (χ4v) is 4.17. The minimum atomic E-state index is 0.906. The molecular formula is C10H9BrOS2. The van der Waals surface area contributed by atoms with Crippen molar-refractivity contribution in [1.29, 1.82) is 0 Å². The molecule has 2 aromatic rings. The molecule has 0 saturated heterocycles. The first-order chi connectivity index (χ1) is 6.76. The molecular weight excluding hydrogens is 280 g/mol. The Morgan fingerprint density at radius 1 is 1.43 bits per heavy atom. The second-order valence-corrected chi connectivity index (χ2v) is 5.69. The predicted octanol–water partition coefficient (Wildman–Crippen LogP) is 4.39. The number of hydrogen-bond donors (Lipinski definition) is 0. The molecule has 14 heavy (non-hydrogen) atoms. The molecule has 0 unspecified atom stereocenters. The summed E-state index contributed by atoms with van der Waals surface area (Å²) in [4.78, 5) is 0. The van der Waals surface area contributed by atoms with Crippen molar-refractivity contribution in [3.8, 4) is 5.75 Å². The number of fused-ring (bicyclic) bond motifs is 1. The second-order valence-electron chi connectivity index (χ2n) is 2.77. The lowest BCUT2D eigenvalue weighted by Gasteiger charge is -1.98. The summed E-state index contributed by atoms with van der Waals surface area (Å²) in [6.45, 7) is 0. The van der Waals surface area contributed by atoms with E-state index < -0.39 is 0 Å². The van der Waals surface area contributed by atoms with Crippen molar-refractivity contribution in [3.05, 3.63) is 22.7 Å². The van der Waals surface area contributed by atoms with E-state index in [1.807, 2.05) is 6.07 Å². The zero-order chi connectivity index (χ0) is 10.1. The second kappa shape index (κ2) is 4.13. The third-order valence-electron chi connectivity index (χ3n) is 1.99. The van der Waals surface area contributed by atoms with Crippen molar-refractivity contribution in [2.24, 2.45) is 0 Å². The molecule has 0 amide bonds. The lowest BCUT2D eigenvalue weighted by atomic mass is 10.2. The van der Waals surface area contributed by atoms with Crippen LogP contribution in [0, 0.1) is 0 Å². The van der Waals surface area contributed by atoms with Crippen molar-refractivity contribution in [2.45, 2.75) is 4.21 Å². The van der Waals surface area contributed by atoms with Gasteiger partial charge in [-0.3, -0.25) is 0 Å². The molecule has 0 N–H and O–H groups in total. The highest BCUT2D eigenvalue weighted by Crippen LogP contribution is 2.41. The Hall–Kier alpha value is -0.190. The largest absolute Gasteiger partial charge is 0.497 e. The van der Waals surface area contributed by atoms with Gasteiger partial charge < -0.3 is 4.74 Å². The first kappa shape index (κ1) is 10.3. The topological polar surface area (TPSA) is 9.23 Å². The van der Waals surface area contributed by atoms with E-state index in [9.17, 15) is 0 Å². The van der Waals surface area contributed by atoms with Crippen LogP contribution in [0.2, 0.25) is 0 Å². The molecule has 0 atom stereocenters. The number of rotatable bonds is 2. The Bertz CT molecular complexity index is 464. The summed E-state index contributed by atoms with van der Waals surface area (Å²) < 4.78 is 8.99. The Morgan fingerprint density at radius 3 is 2.86 bits per heavy atom. The van der Waals surface area contributed by atoms with Crippen LogP contribution in [0.15, 0.2) is 26.9 Å². The highest BCUT2D eigenvalue weighted by atomic mass is 79.9. The van der Waals surface area contributed by atoms with Crippen LogP contribution < -0.4 is 4.74 Å². The average Bonchev–Trinajstić information content (AvgIpc) is 2.55. The zero-order valence-corrected chi connectivity index (χ0v) is 11.1. The highest BCUT2D eigenvalue weighted by molar-refractivity contribution is 9.10. The van der Waals surface area contributed by atoms with Gasteiger partial charge in [-0.25, -0.2) is 0 Å². The summed E-state index contributed by atoms with van der Waals surface area (Å²) in [7, 11) is 1.69. The lowest BCUT2D eigenvalue weighted by molar-refractivity contribution is 0.415. The molecule has 74 valence electrons.